The number of aromatic hydroxyl groups is 1. The first-order valence-corrected chi connectivity index (χ1v) is 5.95. The van der Waals surface area contributed by atoms with Crippen molar-refractivity contribution in [2.75, 3.05) is 11.1 Å². The molecule has 0 spiro atoms. The third-order valence-electron chi connectivity index (χ3n) is 3.09. The smallest absolute Gasteiger partial charge is 0.120 e. The van der Waals surface area contributed by atoms with Crippen LogP contribution in [0.2, 0.25) is 0 Å². The first-order valence-electron chi connectivity index (χ1n) is 5.95. The Morgan fingerprint density at radius 1 is 1.06 bits per heavy atom. The van der Waals surface area contributed by atoms with Gasteiger partial charge in [0.1, 0.15) is 5.75 Å². The van der Waals surface area contributed by atoms with Crippen LogP contribution < -0.4 is 11.1 Å². The minimum atomic E-state index is 0.264. The molecule has 18 heavy (non-hydrogen) atoms. The topological polar surface area (TPSA) is 58.3 Å². The maximum atomic E-state index is 9.72. The van der Waals surface area contributed by atoms with Crippen molar-refractivity contribution in [2.45, 2.75) is 20.4 Å². The van der Waals surface area contributed by atoms with Crippen molar-refractivity contribution < 1.29 is 5.11 Å². The summed E-state index contributed by atoms with van der Waals surface area (Å²) in [5.41, 5.74) is 10.7. The number of hydrogen-bond donors (Lipinski definition) is 3. The van der Waals surface area contributed by atoms with Gasteiger partial charge in [-0.05, 0) is 55.3 Å². The highest BCUT2D eigenvalue weighted by Gasteiger charge is 2.02. The molecule has 0 aliphatic carbocycles. The summed E-state index contributed by atoms with van der Waals surface area (Å²) in [6, 6.07) is 11.3. The molecule has 94 valence electrons. The van der Waals surface area contributed by atoms with Crippen molar-refractivity contribution in [1.29, 1.82) is 0 Å². The molecule has 0 aromatic heterocycles. The van der Waals surface area contributed by atoms with Crippen molar-refractivity contribution >= 4 is 11.4 Å². The van der Waals surface area contributed by atoms with Crippen molar-refractivity contribution in [2.24, 2.45) is 0 Å². The average Bonchev–Trinajstić information content (AvgIpc) is 2.34. The van der Waals surface area contributed by atoms with Crippen LogP contribution in [0, 0.1) is 13.8 Å². The Morgan fingerprint density at radius 2 is 1.83 bits per heavy atom. The van der Waals surface area contributed by atoms with Crippen LogP contribution >= 0.6 is 0 Å². The van der Waals surface area contributed by atoms with E-state index in [0.29, 0.717) is 12.2 Å². The van der Waals surface area contributed by atoms with Gasteiger partial charge < -0.3 is 16.2 Å². The second kappa shape index (κ2) is 5.00. The van der Waals surface area contributed by atoms with Crippen LogP contribution in [0.4, 0.5) is 11.4 Å². The average molecular weight is 242 g/mol. The summed E-state index contributed by atoms with van der Waals surface area (Å²) in [6.07, 6.45) is 0. The number of anilines is 2. The fourth-order valence-electron chi connectivity index (χ4n) is 1.80. The summed E-state index contributed by atoms with van der Waals surface area (Å²) in [5, 5.41) is 13.0. The Bertz CT molecular complexity index is 564. The van der Waals surface area contributed by atoms with Crippen molar-refractivity contribution in [3.05, 3.63) is 53.1 Å². The first-order chi connectivity index (χ1) is 8.56. The molecule has 2 rings (SSSR count). The molecule has 2 aromatic rings. The van der Waals surface area contributed by atoms with Gasteiger partial charge in [0, 0.05) is 23.5 Å². The Morgan fingerprint density at radius 3 is 2.56 bits per heavy atom. The number of nitrogen functional groups attached to an aromatic ring is 1. The lowest BCUT2D eigenvalue weighted by molar-refractivity contribution is 0.469. The third kappa shape index (κ3) is 2.74. The van der Waals surface area contributed by atoms with Gasteiger partial charge in [-0.2, -0.15) is 0 Å². The Kier molecular flexibility index (Phi) is 3.42. The van der Waals surface area contributed by atoms with Gasteiger partial charge in [0.15, 0.2) is 0 Å². The van der Waals surface area contributed by atoms with E-state index in [1.54, 1.807) is 18.2 Å². The number of phenols is 1. The second-order valence-corrected chi connectivity index (χ2v) is 4.54. The van der Waals surface area contributed by atoms with Crippen LogP contribution in [0.15, 0.2) is 36.4 Å². The number of nitrogens with one attached hydrogen (secondary N) is 1. The van der Waals surface area contributed by atoms with Crippen LogP contribution in [0.5, 0.6) is 5.75 Å². The molecule has 0 fully saturated rings. The lowest BCUT2D eigenvalue weighted by atomic mass is 10.1. The molecule has 0 heterocycles. The van der Waals surface area contributed by atoms with E-state index in [1.807, 2.05) is 6.07 Å². The largest absolute Gasteiger partial charge is 0.508 e. The molecule has 0 amide bonds. The fraction of sp³-hybridized carbons (Fsp3) is 0.200. The van der Waals surface area contributed by atoms with Crippen molar-refractivity contribution in [3.63, 3.8) is 0 Å². The molecule has 0 bridgehead atoms. The monoisotopic (exact) mass is 242 g/mol. The van der Waals surface area contributed by atoms with Gasteiger partial charge in [-0.3, -0.25) is 0 Å². The SMILES string of the molecule is Cc1ccc(NCc2cc(N)ccc2O)cc1C. The normalized spacial score (nSPS) is 10.3. The van der Waals surface area contributed by atoms with E-state index in [0.717, 1.165) is 11.3 Å². The van der Waals surface area contributed by atoms with Gasteiger partial charge in [0.05, 0.1) is 0 Å². The van der Waals surface area contributed by atoms with E-state index in [1.165, 1.54) is 11.1 Å². The zero-order valence-electron chi connectivity index (χ0n) is 10.7. The summed E-state index contributed by atoms with van der Waals surface area (Å²) in [4.78, 5) is 0. The van der Waals surface area contributed by atoms with Gasteiger partial charge in [-0.25, -0.2) is 0 Å². The molecule has 3 heteroatoms. The molecular weight excluding hydrogens is 224 g/mol. The van der Waals surface area contributed by atoms with Gasteiger partial charge in [0.2, 0.25) is 0 Å². The number of hydrogen-bond acceptors (Lipinski definition) is 3. The summed E-state index contributed by atoms with van der Waals surface area (Å²) in [5.74, 6) is 0.264. The molecule has 0 aliphatic rings. The maximum absolute atomic E-state index is 9.72. The number of nitrogens with two attached hydrogens (primary N) is 1. The van der Waals surface area contributed by atoms with Gasteiger partial charge in [-0.15, -0.1) is 0 Å². The number of aryl methyl sites for hydroxylation is 2. The molecule has 0 aliphatic heterocycles. The molecular formula is C15H18N2O. The van der Waals surface area contributed by atoms with Crippen molar-refractivity contribution in [3.8, 4) is 5.75 Å². The summed E-state index contributed by atoms with van der Waals surface area (Å²) >= 11 is 0. The fourth-order valence-corrected chi connectivity index (χ4v) is 1.80. The van der Waals surface area contributed by atoms with Crippen LogP contribution in [0.3, 0.4) is 0 Å². The maximum Gasteiger partial charge on any atom is 0.120 e. The highest BCUT2D eigenvalue weighted by molar-refractivity contribution is 5.51. The highest BCUT2D eigenvalue weighted by Crippen LogP contribution is 2.21. The highest BCUT2D eigenvalue weighted by atomic mass is 16.3. The quantitative estimate of drug-likeness (QED) is 0.572. The molecule has 0 radical (unpaired) electrons. The minimum absolute atomic E-state index is 0.264. The zero-order chi connectivity index (χ0) is 13.1. The molecule has 3 nitrogen and oxygen atoms in total. The Labute approximate surface area is 107 Å². The Balaban J connectivity index is 2.11. The number of benzene rings is 2. The molecule has 0 saturated carbocycles. The summed E-state index contributed by atoms with van der Waals surface area (Å²) < 4.78 is 0. The standard InChI is InChI=1S/C15H18N2O/c1-10-3-5-14(7-11(10)2)17-9-12-8-13(16)4-6-15(12)18/h3-8,17-18H,9,16H2,1-2H3. The first kappa shape index (κ1) is 12.3. The zero-order valence-corrected chi connectivity index (χ0v) is 10.7. The third-order valence-corrected chi connectivity index (χ3v) is 3.09. The van der Waals surface area contributed by atoms with Gasteiger partial charge >= 0.3 is 0 Å². The van der Waals surface area contributed by atoms with E-state index in [9.17, 15) is 5.11 Å². The lowest BCUT2D eigenvalue weighted by Gasteiger charge is -2.10. The second-order valence-electron chi connectivity index (χ2n) is 4.54. The molecule has 0 saturated heterocycles. The predicted molar refractivity (Wildman–Crippen MR) is 75.8 cm³/mol. The molecule has 0 atom stereocenters. The van der Waals surface area contributed by atoms with Crippen LogP contribution in [0.1, 0.15) is 16.7 Å². The van der Waals surface area contributed by atoms with Gasteiger partial charge in [-0.1, -0.05) is 6.07 Å². The predicted octanol–water partition coefficient (Wildman–Crippen LogP) is 3.20. The van der Waals surface area contributed by atoms with Crippen LogP contribution in [-0.2, 0) is 6.54 Å². The van der Waals surface area contributed by atoms with Gasteiger partial charge in [0.25, 0.3) is 0 Å². The summed E-state index contributed by atoms with van der Waals surface area (Å²) in [7, 11) is 0. The molecule has 4 N–H and O–H groups in total. The van der Waals surface area contributed by atoms with Crippen LogP contribution in [0.25, 0.3) is 0 Å². The van der Waals surface area contributed by atoms with E-state index in [2.05, 4.69) is 31.3 Å². The summed E-state index contributed by atoms with van der Waals surface area (Å²) in [6.45, 7) is 4.72. The number of rotatable bonds is 3. The van der Waals surface area contributed by atoms with E-state index < -0.39 is 0 Å². The van der Waals surface area contributed by atoms with E-state index >= 15 is 0 Å². The van der Waals surface area contributed by atoms with Crippen molar-refractivity contribution in [1.82, 2.24) is 0 Å². The number of phenolic OH excluding ortho intramolecular Hbond substituents is 1. The minimum Gasteiger partial charge on any atom is -0.508 e. The van der Waals surface area contributed by atoms with E-state index in [4.69, 9.17) is 5.73 Å². The van der Waals surface area contributed by atoms with E-state index in [-0.39, 0.29) is 5.75 Å². The molecule has 0 unspecified atom stereocenters. The van der Waals surface area contributed by atoms with Crippen LogP contribution in [-0.4, -0.2) is 5.11 Å². The molecule has 2 aromatic carbocycles. The Hall–Kier alpha value is -2.16. The lowest BCUT2D eigenvalue weighted by Crippen LogP contribution is -2.01.